The van der Waals surface area contributed by atoms with Crippen molar-refractivity contribution >= 4 is 11.7 Å². The summed E-state index contributed by atoms with van der Waals surface area (Å²) < 4.78 is 0. The Morgan fingerprint density at radius 3 is 2.33 bits per heavy atom. The van der Waals surface area contributed by atoms with E-state index in [1.165, 1.54) is 11.9 Å². The van der Waals surface area contributed by atoms with E-state index in [-0.39, 0.29) is 17.7 Å². The van der Waals surface area contributed by atoms with Crippen LogP contribution < -0.4 is 5.43 Å². The summed E-state index contributed by atoms with van der Waals surface area (Å²) in [7, 11) is 1.66. The topological polar surface area (TPSA) is 49.4 Å². The molecule has 0 spiro atoms. The fourth-order valence-corrected chi connectivity index (χ4v) is 2.11. The van der Waals surface area contributed by atoms with Crippen molar-refractivity contribution in [2.75, 3.05) is 7.05 Å². The first-order chi connectivity index (χ1) is 10.1. The summed E-state index contributed by atoms with van der Waals surface area (Å²) in [4.78, 5) is 23.7. The predicted octanol–water partition coefficient (Wildman–Crippen LogP) is 2.02. The Morgan fingerprint density at radius 1 is 1.14 bits per heavy atom. The van der Waals surface area contributed by atoms with Crippen LogP contribution in [0.4, 0.5) is 0 Å². The van der Waals surface area contributed by atoms with Crippen LogP contribution in [-0.2, 0) is 4.79 Å². The maximum absolute atomic E-state index is 12.4. The molecule has 109 valence electrons. The average molecular weight is 283 g/mol. The lowest BCUT2D eigenvalue weighted by atomic mass is 9.92. The third-order valence-corrected chi connectivity index (χ3v) is 3.40. The summed E-state index contributed by atoms with van der Waals surface area (Å²) in [6.45, 7) is 1.48. The standard InChI is InChI=1S/C17H19N2O2/c1-13(20)19(2)18-16(14-8-6-7-9-14)12-17(21)15-10-4-3-5-11-15/h3-11,16,18H,12H2,1-2H3. The normalized spacial score (nSPS) is 16.7. The Hall–Kier alpha value is -1.68. The quantitative estimate of drug-likeness (QED) is 0.642. The fourth-order valence-electron chi connectivity index (χ4n) is 2.11. The summed E-state index contributed by atoms with van der Waals surface area (Å²) in [5, 5.41) is 1.41. The van der Waals surface area contributed by atoms with Gasteiger partial charge < -0.3 is 0 Å². The van der Waals surface area contributed by atoms with Crippen LogP contribution >= 0.6 is 0 Å². The molecule has 1 fully saturated rings. The number of Topliss-reactive ketones (excluding diaryl/α,β-unsaturated/α-hetero) is 1. The van der Waals surface area contributed by atoms with Crippen molar-refractivity contribution in [2.45, 2.75) is 19.4 Å². The number of rotatable bonds is 6. The highest BCUT2D eigenvalue weighted by molar-refractivity contribution is 5.96. The molecule has 0 bridgehead atoms. The molecule has 0 aromatic heterocycles. The fraction of sp³-hybridized carbons (Fsp3) is 0.235. The molecule has 1 saturated carbocycles. The predicted molar refractivity (Wildman–Crippen MR) is 81.2 cm³/mol. The van der Waals surface area contributed by atoms with E-state index in [0.29, 0.717) is 12.0 Å². The number of amides is 1. The number of hydrazine groups is 1. The lowest BCUT2D eigenvalue weighted by Crippen LogP contribution is -2.48. The molecule has 1 unspecified atom stereocenters. The van der Waals surface area contributed by atoms with E-state index in [0.717, 1.165) is 5.92 Å². The number of hydrogen-bond acceptors (Lipinski definition) is 3. The second-order valence-electron chi connectivity index (χ2n) is 4.97. The average Bonchev–Trinajstić information content (AvgIpc) is 3.01. The van der Waals surface area contributed by atoms with Crippen LogP contribution in [0.25, 0.3) is 0 Å². The number of hydrogen-bond donors (Lipinski definition) is 1. The monoisotopic (exact) mass is 283 g/mol. The molecule has 1 aliphatic carbocycles. The van der Waals surface area contributed by atoms with E-state index < -0.39 is 0 Å². The summed E-state index contributed by atoms with van der Waals surface area (Å²) in [5.74, 6) is 0.942. The van der Waals surface area contributed by atoms with Gasteiger partial charge in [-0.3, -0.25) is 14.6 Å². The van der Waals surface area contributed by atoms with Crippen molar-refractivity contribution in [1.29, 1.82) is 0 Å². The van der Waals surface area contributed by atoms with Gasteiger partial charge in [-0.25, -0.2) is 5.43 Å². The van der Waals surface area contributed by atoms with Crippen LogP contribution in [0.3, 0.4) is 0 Å². The summed E-state index contributed by atoms with van der Waals surface area (Å²) in [6.07, 6.45) is 8.04. The van der Waals surface area contributed by atoms with Gasteiger partial charge in [0.1, 0.15) is 0 Å². The first kappa shape index (κ1) is 15.7. The van der Waals surface area contributed by atoms with Crippen molar-refractivity contribution in [2.24, 2.45) is 0 Å². The third kappa shape index (κ3) is 4.39. The van der Waals surface area contributed by atoms with E-state index in [2.05, 4.69) is 5.43 Å². The van der Waals surface area contributed by atoms with E-state index >= 15 is 0 Å². The van der Waals surface area contributed by atoms with Gasteiger partial charge in [-0.1, -0.05) is 30.3 Å². The van der Waals surface area contributed by atoms with Crippen LogP contribution in [0.15, 0.2) is 30.3 Å². The second kappa shape index (κ2) is 7.36. The lowest BCUT2D eigenvalue weighted by molar-refractivity contribution is -0.130. The van der Waals surface area contributed by atoms with Crippen LogP contribution in [0, 0.1) is 31.6 Å². The van der Waals surface area contributed by atoms with Gasteiger partial charge in [-0.15, -0.1) is 0 Å². The molecule has 0 heterocycles. The number of ketones is 1. The molecule has 4 nitrogen and oxygen atoms in total. The molecule has 1 amide bonds. The number of benzene rings is 1. The minimum atomic E-state index is -0.221. The Balaban J connectivity index is 2.04. The summed E-state index contributed by atoms with van der Waals surface area (Å²) >= 11 is 0. The molecule has 5 radical (unpaired) electrons. The van der Waals surface area contributed by atoms with Gasteiger partial charge in [0, 0.05) is 37.9 Å². The van der Waals surface area contributed by atoms with Gasteiger partial charge in [-0.05, 0) is 25.7 Å². The second-order valence-corrected chi connectivity index (χ2v) is 4.97. The van der Waals surface area contributed by atoms with E-state index in [4.69, 9.17) is 0 Å². The summed E-state index contributed by atoms with van der Waals surface area (Å²) in [5.41, 5.74) is 3.76. The minimum Gasteiger partial charge on any atom is -0.294 e. The van der Waals surface area contributed by atoms with Crippen molar-refractivity contribution in [3.8, 4) is 0 Å². The third-order valence-electron chi connectivity index (χ3n) is 3.40. The van der Waals surface area contributed by atoms with E-state index in [1.54, 1.807) is 19.2 Å². The largest absolute Gasteiger partial charge is 0.294 e. The zero-order valence-corrected chi connectivity index (χ0v) is 12.2. The molecule has 1 N–H and O–H groups in total. The van der Waals surface area contributed by atoms with Gasteiger partial charge in [0.15, 0.2) is 5.78 Å². The van der Waals surface area contributed by atoms with Gasteiger partial charge in [0.05, 0.1) is 0 Å². The molecule has 0 aliphatic heterocycles. The molecule has 0 saturated heterocycles. The molecule has 21 heavy (non-hydrogen) atoms. The van der Waals surface area contributed by atoms with Gasteiger partial charge in [0.25, 0.3) is 0 Å². The van der Waals surface area contributed by atoms with Crippen LogP contribution in [-0.4, -0.2) is 29.8 Å². The smallest absolute Gasteiger partial charge is 0.233 e. The first-order valence-corrected chi connectivity index (χ1v) is 6.88. The molecule has 1 aromatic rings. The highest BCUT2D eigenvalue weighted by atomic mass is 16.2. The molecule has 1 atom stereocenters. The minimum absolute atomic E-state index is 0.0475. The Morgan fingerprint density at radius 2 is 1.76 bits per heavy atom. The first-order valence-electron chi connectivity index (χ1n) is 6.88. The number of carbonyl (C=O) groups is 2. The Kier molecular flexibility index (Phi) is 5.51. The number of nitrogens with zero attached hydrogens (tertiary/aromatic N) is 1. The van der Waals surface area contributed by atoms with Crippen molar-refractivity contribution < 1.29 is 9.59 Å². The zero-order chi connectivity index (χ0) is 15.2. The lowest BCUT2D eigenvalue weighted by Gasteiger charge is -2.28. The van der Waals surface area contributed by atoms with Crippen molar-refractivity contribution in [1.82, 2.24) is 10.4 Å². The van der Waals surface area contributed by atoms with Crippen LogP contribution in [0.5, 0.6) is 0 Å². The molecule has 1 aliphatic rings. The van der Waals surface area contributed by atoms with Gasteiger partial charge >= 0.3 is 0 Å². The molecule has 4 heteroatoms. The molecule has 1 aromatic carbocycles. The zero-order valence-electron chi connectivity index (χ0n) is 12.2. The maximum atomic E-state index is 12.4. The highest BCUT2D eigenvalue weighted by Crippen LogP contribution is 2.28. The van der Waals surface area contributed by atoms with Gasteiger partial charge in [0.2, 0.25) is 5.91 Å². The van der Waals surface area contributed by atoms with Gasteiger partial charge in [-0.2, -0.15) is 0 Å². The number of carbonyl (C=O) groups excluding carboxylic acids is 2. The van der Waals surface area contributed by atoms with E-state index in [1.807, 2.05) is 43.9 Å². The molecular weight excluding hydrogens is 264 g/mol. The molecular formula is C17H19N2O2. The Bertz CT molecular complexity index is 481. The van der Waals surface area contributed by atoms with Crippen LogP contribution in [0.1, 0.15) is 23.7 Å². The maximum Gasteiger partial charge on any atom is 0.233 e. The van der Waals surface area contributed by atoms with Crippen molar-refractivity contribution in [3.63, 3.8) is 0 Å². The van der Waals surface area contributed by atoms with E-state index in [9.17, 15) is 9.59 Å². The van der Waals surface area contributed by atoms with Crippen LogP contribution in [0.2, 0.25) is 0 Å². The SMILES string of the molecule is CC(=O)N(C)NC(CC(=O)c1ccccc1)[C]1[CH][CH][CH][CH]1. The van der Waals surface area contributed by atoms with Crippen molar-refractivity contribution in [3.05, 3.63) is 67.5 Å². The molecule has 2 rings (SSSR count). The Labute approximate surface area is 126 Å². The summed E-state index contributed by atoms with van der Waals surface area (Å²) in [6, 6.07) is 8.96. The number of nitrogens with one attached hydrogen (secondary N) is 1. The highest BCUT2D eigenvalue weighted by Gasteiger charge is 2.29.